The second-order valence-corrected chi connectivity index (χ2v) is 5.35. The number of hydrogen-bond donors (Lipinski definition) is 2. The third-order valence-corrected chi connectivity index (χ3v) is 3.63. The first-order valence-corrected chi connectivity index (χ1v) is 6.61. The lowest BCUT2D eigenvalue weighted by Gasteiger charge is -2.20. The predicted octanol–water partition coefficient (Wildman–Crippen LogP) is 1.22. The van der Waals surface area contributed by atoms with E-state index in [0.29, 0.717) is 36.3 Å². The summed E-state index contributed by atoms with van der Waals surface area (Å²) in [6.45, 7) is 1.39. The van der Waals surface area contributed by atoms with Gasteiger partial charge in [-0.15, -0.1) is 0 Å². The van der Waals surface area contributed by atoms with Gasteiger partial charge in [0.25, 0.3) is 0 Å². The fourth-order valence-corrected chi connectivity index (χ4v) is 2.27. The maximum absolute atomic E-state index is 11.7. The lowest BCUT2D eigenvalue weighted by atomic mass is 10.1. The van der Waals surface area contributed by atoms with Crippen LogP contribution in [0.1, 0.15) is 18.4 Å². The maximum Gasteiger partial charge on any atom is 0.240 e. The van der Waals surface area contributed by atoms with E-state index in [2.05, 4.69) is 5.32 Å². The van der Waals surface area contributed by atoms with Crippen molar-refractivity contribution in [1.82, 2.24) is 5.32 Å². The Balaban J connectivity index is 1.71. The van der Waals surface area contributed by atoms with Crippen LogP contribution in [0.15, 0.2) is 12.1 Å². The van der Waals surface area contributed by atoms with E-state index in [1.807, 2.05) is 6.07 Å². The van der Waals surface area contributed by atoms with E-state index in [4.69, 9.17) is 26.8 Å². The Hall–Kier alpha value is -1.46. The van der Waals surface area contributed by atoms with Crippen LogP contribution >= 0.6 is 11.6 Å². The molecule has 102 valence electrons. The van der Waals surface area contributed by atoms with Crippen LogP contribution in [0.2, 0.25) is 5.02 Å². The van der Waals surface area contributed by atoms with Gasteiger partial charge >= 0.3 is 0 Å². The molecule has 0 spiro atoms. The minimum atomic E-state index is -0.655. The molecule has 19 heavy (non-hydrogen) atoms. The van der Waals surface area contributed by atoms with Crippen LogP contribution in [-0.2, 0) is 11.3 Å². The molecule has 0 unspecified atom stereocenters. The molecule has 0 saturated heterocycles. The third-order valence-electron chi connectivity index (χ3n) is 3.35. The van der Waals surface area contributed by atoms with Crippen molar-refractivity contribution >= 4 is 17.5 Å². The zero-order valence-corrected chi connectivity index (χ0v) is 11.1. The van der Waals surface area contributed by atoms with E-state index in [1.54, 1.807) is 6.07 Å². The number of carbonyl (C=O) groups excluding carboxylic acids is 1. The van der Waals surface area contributed by atoms with E-state index in [-0.39, 0.29) is 5.91 Å². The Kier molecular flexibility index (Phi) is 3.03. The molecule has 0 bridgehead atoms. The molecule has 1 aromatic rings. The summed E-state index contributed by atoms with van der Waals surface area (Å²) in [6, 6.07) is 3.60. The van der Waals surface area contributed by atoms with Crippen molar-refractivity contribution in [3.8, 4) is 11.5 Å². The predicted molar refractivity (Wildman–Crippen MR) is 70.4 cm³/mol. The van der Waals surface area contributed by atoms with Gasteiger partial charge in [0.15, 0.2) is 11.5 Å². The number of hydrogen-bond acceptors (Lipinski definition) is 4. The molecule has 0 radical (unpaired) electrons. The summed E-state index contributed by atoms with van der Waals surface area (Å²) in [5.41, 5.74) is 6.02. The van der Waals surface area contributed by atoms with Gasteiger partial charge < -0.3 is 20.5 Å². The molecule has 0 atom stereocenters. The number of nitrogens with two attached hydrogens (primary N) is 1. The Morgan fingerprint density at radius 2 is 2.11 bits per heavy atom. The van der Waals surface area contributed by atoms with Crippen molar-refractivity contribution in [2.75, 3.05) is 13.2 Å². The zero-order chi connectivity index (χ0) is 13.5. The minimum Gasteiger partial charge on any atom is -0.486 e. The summed E-state index contributed by atoms with van der Waals surface area (Å²) in [5.74, 6) is 1.08. The minimum absolute atomic E-state index is 0.112. The summed E-state index contributed by atoms with van der Waals surface area (Å²) in [5, 5.41) is 3.31. The smallest absolute Gasteiger partial charge is 0.240 e. The summed E-state index contributed by atoms with van der Waals surface area (Å²) in [7, 11) is 0. The highest BCUT2D eigenvalue weighted by Crippen LogP contribution is 2.38. The number of halogens is 1. The van der Waals surface area contributed by atoms with Crippen molar-refractivity contribution in [1.29, 1.82) is 0 Å². The SMILES string of the molecule is NC1(C(=O)NCc2cc(Cl)c3c(c2)OCCO3)CC1. The van der Waals surface area contributed by atoms with Crippen LogP contribution in [0.25, 0.3) is 0 Å². The monoisotopic (exact) mass is 282 g/mol. The van der Waals surface area contributed by atoms with Gasteiger partial charge in [-0.05, 0) is 30.5 Å². The van der Waals surface area contributed by atoms with Crippen LogP contribution in [0.5, 0.6) is 11.5 Å². The molecule has 1 aromatic carbocycles. The Morgan fingerprint density at radius 3 is 2.84 bits per heavy atom. The van der Waals surface area contributed by atoms with Gasteiger partial charge in [0.1, 0.15) is 13.2 Å². The first kappa shape index (κ1) is 12.6. The van der Waals surface area contributed by atoms with Gasteiger partial charge in [-0.3, -0.25) is 4.79 Å². The fraction of sp³-hybridized carbons (Fsp3) is 0.462. The van der Waals surface area contributed by atoms with Crippen molar-refractivity contribution in [3.63, 3.8) is 0 Å². The van der Waals surface area contributed by atoms with E-state index < -0.39 is 5.54 Å². The highest BCUT2D eigenvalue weighted by molar-refractivity contribution is 6.32. The van der Waals surface area contributed by atoms with Crippen molar-refractivity contribution in [3.05, 3.63) is 22.7 Å². The second kappa shape index (κ2) is 4.58. The average molecular weight is 283 g/mol. The number of fused-ring (bicyclic) bond motifs is 1. The molecule has 6 heteroatoms. The summed E-state index contributed by atoms with van der Waals surface area (Å²) in [4.78, 5) is 11.7. The zero-order valence-electron chi connectivity index (χ0n) is 10.4. The topological polar surface area (TPSA) is 73.6 Å². The summed E-state index contributed by atoms with van der Waals surface area (Å²) in [6.07, 6.45) is 1.50. The first-order chi connectivity index (χ1) is 9.08. The molecule has 1 aliphatic carbocycles. The lowest BCUT2D eigenvalue weighted by molar-refractivity contribution is -0.123. The van der Waals surface area contributed by atoms with Gasteiger partial charge in [-0.25, -0.2) is 0 Å². The number of carbonyl (C=O) groups is 1. The van der Waals surface area contributed by atoms with E-state index in [0.717, 1.165) is 18.4 Å². The van der Waals surface area contributed by atoms with E-state index >= 15 is 0 Å². The summed E-state index contributed by atoms with van der Waals surface area (Å²) >= 11 is 6.12. The van der Waals surface area contributed by atoms with Gasteiger partial charge in [0.2, 0.25) is 5.91 Å². The lowest BCUT2D eigenvalue weighted by Crippen LogP contribution is -2.42. The molecule has 1 amide bonds. The van der Waals surface area contributed by atoms with Crippen LogP contribution in [-0.4, -0.2) is 24.7 Å². The number of benzene rings is 1. The van der Waals surface area contributed by atoms with Gasteiger partial charge in [-0.1, -0.05) is 11.6 Å². The van der Waals surface area contributed by atoms with Gasteiger partial charge in [-0.2, -0.15) is 0 Å². The molecule has 1 aliphatic heterocycles. The fourth-order valence-electron chi connectivity index (χ4n) is 1.99. The Labute approximate surface area is 116 Å². The highest BCUT2D eigenvalue weighted by Gasteiger charge is 2.45. The molecule has 5 nitrogen and oxygen atoms in total. The van der Waals surface area contributed by atoms with Crippen LogP contribution < -0.4 is 20.5 Å². The molecule has 3 N–H and O–H groups in total. The number of ether oxygens (including phenoxy) is 2. The first-order valence-electron chi connectivity index (χ1n) is 6.24. The van der Waals surface area contributed by atoms with Crippen LogP contribution in [0, 0.1) is 0 Å². The van der Waals surface area contributed by atoms with Gasteiger partial charge in [0, 0.05) is 6.54 Å². The molecule has 1 heterocycles. The molecule has 2 aliphatic rings. The Bertz CT molecular complexity index is 529. The maximum atomic E-state index is 11.7. The second-order valence-electron chi connectivity index (χ2n) is 4.94. The Morgan fingerprint density at radius 1 is 1.37 bits per heavy atom. The van der Waals surface area contributed by atoms with Crippen molar-refractivity contribution in [2.24, 2.45) is 5.73 Å². The average Bonchev–Trinajstić information content (AvgIpc) is 3.15. The number of nitrogens with one attached hydrogen (secondary N) is 1. The van der Waals surface area contributed by atoms with E-state index in [9.17, 15) is 4.79 Å². The van der Waals surface area contributed by atoms with Crippen molar-refractivity contribution in [2.45, 2.75) is 24.9 Å². The van der Waals surface area contributed by atoms with E-state index in [1.165, 1.54) is 0 Å². The normalized spacial score (nSPS) is 18.8. The largest absolute Gasteiger partial charge is 0.486 e. The van der Waals surface area contributed by atoms with Crippen LogP contribution in [0.4, 0.5) is 0 Å². The van der Waals surface area contributed by atoms with Gasteiger partial charge in [0.05, 0.1) is 10.6 Å². The molecular weight excluding hydrogens is 268 g/mol. The highest BCUT2D eigenvalue weighted by atomic mass is 35.5. The molecule has 1 saturated carbocycles. The summed E-state index contributed by atoms with van der Waals surface area (Å²) < 4.78 is 10.9. The molecule has 0 aromatic heterocycles. The molecule has 3 rings (SSSR count). The quantitative estimate of drug-likeness (QED) is 0.874. The molecular formula is C13H15ClN2O3. The van der Waals surface area contributed by atoms with Crippen LogP contribution in [0.3, 0.4) is 0 Å². The number of amides is 1. The number of rotatable bonds is 3. The molecule has 1 fully saturated rings. The van der Waals surface area contributed by atoms with Crippen molar-refractivity contribution < 1.29 is 14.3 Å². The standard InChI is InChI=1S/C13H15ClN2O3/c14-9-5-8(6-10-11(9)19-4-3-18-10)7-16-12(17)13(15)1-2-13/h5-6H,1-4,7,15H2,(H,16,17). The third kappa shape index (κ3) is 2.48.